The van der Waals surface area contributed by atoms with E-state index in [-0.39, 0.29) is 5.91 Å². The number of likely N-dealkylation sites (tertiary alicyclic amines) is 1. The van der Waals surface area contributed by atoms with E-state index in [9.17, 15) is 19.5 Å². The van der Waals surface area contributed by atoms with Crippen molar-refractivity contribution in [3.63, 3.8) is 0 Å². The van der Waals surface area contributed by atoms with Crippen LogP contribution in [0.1, 0.15) is 17.2 Å². The fraction of sp³-hybridized carbons (Fsp3) is 0.471. The largest absolute Gasteiger partial charge is 0.468 e. The molecular weight excluding hydrogens is 312 g/mol. The molecule has 2 aliphatic rings. The van der Waals surface area contributed by atoms with Gasteiger partial charge in [0.2, 0.25) is 11.8 Å². The number of carbonyl (C=O) groups is 3. The number of ether oxygens (including phenoxy) is 1. The Kier molecular flexibility index (Phi) is 3.93. The topological polar surface area (TPSA) is 95.9 Å². The quantitative estimate of drug-likeness (QED) is 0.587. The number of benzene rings is 1. The smallest absolute Gasteiger partial charge is 0.329 e. The Balaban J connectivity index is 2.17. The van der Waals surface area contributed by atoms with Crippen molar-refractivity contribution < 1.29 is 24.2 Å². The Morgan fingerprint density at radius 3 is 2.58 bits per heavy atom. The lowest BCUT2D eigenvalue weighted by Crippen LogP contribution is -2.58. The van der Waals surface area contributed by atoms with Crippen molar-refractivity contribution in [1.82, 2.24) is 10.2 Å². The van der Waals surface area contributed by atoms with Crippen LogP contribution in [0.5, 0.6) is 0 Å². The van der Waals surface area contributed by atoms with E-state index in [1.54, 1.807) is 0 Å². The molecule has 2 saturated heterocycles. The molecule has 2 amide bonds. The number of imide groups is 1. The highest BCUT2D eigenvalue weighted by atomic mass is 16.5. The first-order valence-electron chi connectivity index (χ1n) is 7.73. The van der Waals surface area contributed by atoms with Gasteiger partial charge in [0.25, 0.3) is 0 Å². The molecule has 0 bridgehead atoms. The van der Waals surface area contributed by atoms with E-state index in [4.69, 9.17) is 4.74 Å². The number of rotatable bonds is 3. The first-order chi connectivity index (χ1) is 11.4. The minimum atomic E-state index is -1.62. The number of aliphatic hydroxyl groups excluding tert-OH is 1. The predicted octanol–water partition coefficient (Wildman–Crippen LogP) is -0.226. The monoisotopic (exact) mass is 332 g/mol. The van der Waals surface area contributed by atoms with Gasteiger partial charge in [0, 0.05) is 13.1 Å². The molecule has 1 aromatic carbocycles. The van der Waals surface area contributed by atoms with Crippen molar-refractivity contribution in [2.24, 2.45) is 11.8 Å². The second kappa shape index (κ2) is 5.68. The summed E-state index contributed by atoms with van der Waals surface area (Å²) in [5.41, 5.74) is 0.134. The van der Waals surface area contributed by atoms with Crippen LogP contribution in [0.2, 0.25) is 0 Å². The highest BCUT2D eigenvalue weighted by Gasteiger charge is 2.68. The number of amides is 2. The van der Waals surface area contributed by atoms with Crippen molar-refractivity contribution in [2.45, 2.75) is 18.5 Å². The van der Waals surface area contributed by atoms with E-state index in [0.717, 1.165) is 16.0 Å². The SMILES string of the molecule is COC(=O)[C@@]1(CO)N[C@@H](c2ccccc2C)[C@H]2C(=O)N(C)C(=O)[C@H]21. The number of hydrogen-bond donors (Lipinski definition) is 2. The number of hydrogen-bond acceptors (Lipinski definition) is 6. The third-order valence-electron chi connectivity index (χ3n) is 5.20. The number of carbonyl (C=O) groups excluding carboxylic acids is 3. The van der Waals surface area contributed by atoms with Gasteiger partial charge in [0.05, 0.1) is 25.6 Å². The summed E-state index contributed by atoms with van der Waals surface area (Å²) < 4.78 is 4.83. The van der Waals surface area contributed by atoms with Crippen LogP contribution < -0.4 is 5.32 Å². The second-order valence-electron chi connectivity index (χ2n) is 6.34. The van der Waals surface area contributed by atoms with Gasteiger partial charge in [-0.25, -0.2) is 4.79 Å². The molecule has 0 spiro atoms. The predicted molar refractivity (Wildman–Crippen MR) is 83.6 cm³/mol. The molecule has 4 atom stereocenters. The summed E-state index contributed by atoms with van der Waals surface area (Å²) in [6.07, 6.45) is 0. The van der Waals surface area contributed by atoms with Crippen LogP contribution in [0.15, 0.2) is 24.3 Å². The number of aliphatic hydroxyl groups is 1. The molecule has 3 rings (SSSR count). The molecule has 24 heavy (non-hydrogen) atoms. The number of fused-ring (bicyclic) bond motifs is 1. The number of esters is 1. The normalized spacial score (nSPS) is 32.2. The summed E-state index contributed by atoms with van der Waals surface area (Å²) in [6, 6.07) is 6.90. The maximum atomic E-state index is 12.6. The van der Waals surface area contributed by atoms with Gasteiger partial charge < -0.3 is 9.84 Å². The lowest BCUT2D eigenvalue weighted by molar-refractivity contribution is -0.156. The molecule has 2 fully saturated rings. The van der Waals surface area contributed by atoms with Crippen molar-refractivity contribution >= 4 is 17.8 Å². The summed E-state index contributed by atoms with van der Waals surface area (Å²) in [6.45, 7) is 1.27. The van der Waals surface area contributed by atoms with Gasteiger partial charge in [-0.3, -0.25) is 19.8 Å². The van der Waals surface area contributed by atoms with Crippen LogP contribution >= 0.6 is 0 Å². The number of nitrogens with zero attached hydrogens (tertiary/aromatic N) is 1. The van der Waals surface area contributed by atoms with E-state index in [1.165, 1.54) is 14.2 Å². The van der Waals surface area contributed by atoms with Gasteiger partial charge in [-0.15, -0.1) is 0 Å². The number of nitrogens with one attached hydrogen (secondary N) is 1. The van der Waals surface area contributed by atoms with Gasteiger partial charge in [0.15, 0.2) is 5.54 Å². The molecule has 2 aliphatic heterocycles. The third kappa shape index (κ3) is 2.01. The van der Waals surface area contributed by atoms with Crippen LogP contribution in [0.25, 0.3) is 0 Å². The van der Waals surface area contributed by atoms with Gasteiger partial charge in [-0.1, -0.05) is 24.3 Å². The minimum Gasteiger partial charge on any atom is -0.468 e. The van der Waals surface area contributed by atoms with Gasteiger partial charge in [0.1, 0.15) is 0 Å². The van der Waals surface area contributed by atoms with Gasteiger partial charge in [-0.2, -0.15) is 0 Å². The average molecular weight is 332 g/mol. The highest BCUT2D eigenvalue weighted by Crippen LogP contribution is 2.49. The molecule has 0 saturated carbocycles. The van der Waals surface area contributed by atoms with Crippen LogP contribution in [0.3, 0.4) is 0 Å². The van der Waals surface area contributed by atoms with Crippen LogP contribution in [-0.2, 0) is 19.1 Å². The van der Waals surface area contributed by atoms with Crippen molar-refractivity contribution in [3.8, 4) is 0 Å². The minimum absolute atomic E-state index is 0.356. The summed E-state index contributed by atoms with van der Waals surface area (Å²) >= 11 is 0. The fourth-order valence-electron chi connectivity index (χ4n) is 3.93. The lowest BCUT2D eigenvalue weighted by Gasteiger charge is -2.30. The lowest BCUT2D eigenvalue weighted by atomic mass is 9.79. The Labute approximate surface area is 139 Å². The molecule has 7 heteroatoms. The molecule has 2 N–H and O–H groups in total. The van der Waals surface area contributed by atoms with Crippen LogP contribution in [0, 0.1) is 18.8 Å². The zero-order chi connectivity index (χ0) is 17.6. The third-order valence-corrected chi connectivity index (χ3v) is 5.20. The van der Waals surface area contributed by atoms with E-state index in [2.05, 4.69) is 5.32 Å². The summed E-state index contributed by atoms with van der Waals surface area (Å²) in [5.74, 6) is -3.32. The van der Waals surface area contributed by atoms with Crippen molar-refractivity contribution in [2.75, 3.05) is 20.8 Å². The highest BCUT2D eigenvalue weighted by molar-refractivity contribution is 6.09. The Morgan fingerprint density at radius 1 is 1.33 bits per heavy atom. The van der Waals surface area contributed by atoms with Crippen molar-refractivity contribution in [3.05, 3.63) is 35.4 Å². The maximum Gasteiger partial charge on any atom is 0.329 e. The number of methoxy groups -OCH3 is 1. The molecular formula is C17H20N2O5. The molecule has 1 aromatic rings. The number of aryl methyl sites for hydroxylation is 1. The fourth-order valence-corrected chi connectivity index (χ4v) is 3.93. The molecule has 128 valence electrons. The standard InChI is InChI=1S/C17H20N2O5/c1-9-6-4-5-7-10(9)13-11-12(15(22)19(2)14(11)21)17(8-20,18-13)16(23)24-3/h4-7,11-13,18,20H,8H2,1-3H3/t11-,12-,13-,17-/m0/s1. The van der Waals surface area contributed by atoms with E-state index in [1.807, 2.05) is 31.2 Å². The Morgan fingerprint density at radius 2 is 2.00 bits per heavy atom. The molecule has 7 nitrogen and oxygen atoms in total. The van der Waals surface area contributed by atoms with E-state index >= 15 is 0 Å². The van der Waals surface area contributed by atoms with Gasteiger partial charge in [-0.05, 0) is 18.1 Å². The van der Waals surface area contributed by atoms with Gasteiger partial charge >= 0.3 is 5.97 Å². The second-order valence-corrected chi connectivity index (χ2v) is 6.34. The zero-order valence-electron chi connectivity index (χ0n) is 13.8. The summed E-state index contributed by atoms with van der Waals surface area (Å²) in [5, 5.41) is 13.0. The molecule has 0 aliphatic carbocycles. The molecule has 0 unspecified atom stereocenters. The van der Waals surface area contributed by atoms with E-state index < -0.39 is 41.9 Å². The first kappa shape index (κ1) is 16.6. The average Bonchev–Trinajstić information content (AvgIpc) is 3.05. The molecule has 0 radical (unpaired) electrons. The van der Waals surface area contributed by atoms with Crippen molar-refractivity contribution in [1.29, 1.82) is 0 Å². The van der Waals surface area contributed by atoms with E-state index in [0.29, 0.717) is 0 Å². The molecule has 0 aromatic heterocycles. The summed E-state index contributed by atoms with van der Waals surface area (Å²) in [7, 11) is 2.60. The Bertz CT molecular complexity index is 719. The summed E-state index contributed by atoms with van der Waals surface area (Å²) in [4.78, 5) is 38.7. The van der Waals surface area contributed by atoms with Crippen LogP contribution in [0.4, 0.5) is 0 Å². The molecule has 2 heterocycles. The van der Waals surface area contributed by atoms with Crippen LogP contribution in [-0.4, -0.2) is 54.1 Å². The Hall–Kier alpha value is -2.25. The maximum absolute atomic E-state index is 12.6. The zero-order valence-corrected chi connectivity index (χ0v) is 13.8. The first-order valence-corrected chi connectivity index (χ1v) is 7.73.